The van der Waals surface area contributed by atoms with E-state index in [9.17, 15) is 0 Å². The number of benzene rings is 1. The Morgan fingerprint density at radius 2 is 1.84 bits per heavy atom. The number of nitrogens with one attached hydrogen (secondary N) is 1. The van der Waals surface area contributed by atoms with E-state index in [2.05, 4.69) is 56.1 Å². The van der Waals surface area contributed by atoms with E-state index in [4.69, 9.17) is 0 Å². The Labute approximate surface area is 117 Å². The van der Waals surface area contributed by atoms with E-state index in [-0.39, 0.29) is 5.54 Å². The molecule has 1 saturated carbocycles. The molecule has 0 amide bonds. The molecule has 1 N–H and O–H groups in total. The molecule has 1 heterocycles. The van der Waals surface area contributed by atoms with Crippen molar-refractivity contribution in [3.63, 3.8) is 0 Å². The molecule has 1 aliphatic carbocycles. The standard InChI is InChI=1S/C17H26N2/c1-13-5-6-15(14(2)9-13)19-12-17(7-8-17)11-18-10-16(19,3)4/h5-6,9,18H,7-8,10-12H2,1-4H3. The number of nitrogens with zero attached hydrogens (tertiary/aromatic N) is 1. The van der Waals surface area contributed by atoms with E-state index in [1.54, 1.807) is 0 Å². The van der Waals surface area contributed by atoms with Crippen molar-refractivity contribution in [3.8, 4) is 0 Å². The maximum absolute atomic E-state index is 3.68. The minimum atomic E-state index is 0.187. The summed E-state index contributed by atoms with van der Waals surface area (Å²) in [5, 5.41) is 3.68. The first-order chi connectivity index (χ1) is 8.92. The lowest BCUT2D eigenvalue weighted by Crippen LogP contribution is -2.49. The van der Waals surface area contributed by atoms with Crippen molar-refractivity contribution in [1.29, 1.82) is 0 Å². The molecule has 19 heavy (non-hydrogen) atoms. The second kappa shape index (κ2) is 4.24. The van der Waals surface area contributed by atoms with E-state index in [1.165, 1.54) is 42.7 Å². The molecule has 2 aliphatic rings. The van der Waals surface area contributed by atoms with Gasteiger partial charge in [-0.25, -0.2) is 0 Å². The van der Waals surface area contributed by atoms with Gasteiger partial charge in [-0.15, -0.1) is 0 Å². The molecule has 3 rings (SSSR count). The predicted molar refractivity (Wildman–Crippen MR) is 81.9 cm³/mol. The molecule has 1 spiro atoms. The summed E-state index contributed by atoms with van der Waals surface area (Å²) in [6.45, 7) is 12.6. The molecular formula is C17H26N2. The summed E-state index contributed by atoms with van der Waals surface area (Å²) in [6, 6.07) is 6.87. The van der Waals surface area contributed by atoms with Crippen LogP contribution < -0.4 is 10.2 Å². The van der Waals surface area contributed by atoms with Crippen LogP contribution in [0.1, 0.15) is 37.8 Å². The zero-order valence-corrected chi connectivity index (χ0v) is 12.7. The molecule has 0 radical (unpaired) electrons. The average Bonchev–Trinajstić information content (AvgIpc) is 3.08. The Hall–Kier alpha value is -1.02. The van der Waals surface area contributed by atoms with Gasteiger partial charge < -0.3 is 10.2 Å². The SMILES string of the molecule is Cc1ccc(N2CC3(CC3)CNCC2(C)C)c(C)c1. The molecule has 0 aromatic heterocycles. The first-order valence-corrected chi connectivity index (χ1v) is 7.48. The fourth-order valence-electron chi connectivity index (χ4n) is 3.37. The van der Waals surface area contributed by atoms with Crippen LogP contribution in [0.15, 0.2) is 18.2 Å². The van der Waals surface area contributed by atoms with Gasteiger partial charge in [-0.3, -0.25) is 0 Å². The van der Waals surface area contributed by atoms with Crippen LogP contribution in [-0.4, -0.2) is 25.2 Å². The first kappa shape index (κ1) is 13.0. The lowest BCUT2D eigenvalue weighted by molar-refractivity contribution is 0.455. The third kappa shape index (κ3) is 2.38. The highest BCUT2D eigenvalue weighted by Crippen LogP contribution is 2.48. The van der Waals surface area contributed by atoms with Gasteiger partial charge in [-0.05, 0) is 52.2 Å². The summed E-state index contributed by atoms with van der Waals surface area (Å²) in [4.78, 5) is 2.65. The number of rotatable bonds is 1. The second-order valence-electron chi connectivity index (χ2n) is 7.29. The summed E-state index contributed by atoms with van der Waals surface area (Å²) in [5.74, 6) is 0. The molecule has 0 atom stereocenters. The monoisotopic (exact) mass is 258 g/mol. The maximum Gasteiger partial charge on any atom is 0.0470 e. The van der Waals surface area contributed by atoms with Crippen LogP contribution in [0, 0.1) is 19.3 Å². The fourth-order valence-corrected chi connectivity index (χ4v) is 3.37. The summed E-state index contributed by atoms with van der Waals surface area (Å²) in [7, 11) is 0. The van der Waals surface area contributed by atoms with E-state index in [0.29, 0.717) is 5.41 Å². The van der Waals surface area contributed by atoms with E-state index >= 15 is 0 Å². The highest BCUT2D eigenvalue weighted by Gasteiger charge is 2.48. The van der Waals surface area contributed by atoms with Crippen LogP contribution in [0.5, 0.6) is 0 Å². The normalized spacial score (nSPS) is 24.3. The van der Waals surface area contributed by atoms with Crippen molar-refractivity contribution in [2.45, 2.75) is 46.1 Å². The lowest BCUT2D eigenvalue weighted by atomic mass is 9.98. The zero-order chi connectivity index (χ0) is 13.7. The summed E-state index contributed by atoms with van der Waals surface area (Å²) in [5.41, 5.74) is 4.92. The summed E-state index contributed by atoms with van der Waals surface area (Å²) < 4.78 is 0. The van der Waals surface area contributed by atoms with Crippen molar-refractivity contribution < 1.29 is 0 Å². The predicted octanol–water partition coefficient (Wildman–Crippen LogP) is 3.27. The van der Waals surface area contributed by atoms with Gasteiger partial charge in [-0.1, -0.05) is 17.7 Å². The summed E-state index contributed by atoms with van der Waals surface area (Å²) >= 11 is 0. The lowest BCUT2D eigenvalue weighted by Gasteiger charge is -2.41. The van der Waals surface area contributed by atoms with Crippen molar-refractivity contribution in [2.75, 3.05) is 24.5 Å². The molecule has 0 bridgehead atoms. The van der Waals surface area contributed by atoms with Crippen LogP contribution in [0.4, 0.5) is 5.69 Å². The summed E-state index contributed by atoms with van der Waals surface area (Å²) in [6.07, 6.45) is 2.77. The highest BCUT2D eigenvalue weighted by atomic mass is 15.2. The molecule has 1 aromatic carbocycles. The smallest absolute Gasteiger partial charge is 0.0470 e. The highest BCUT2D eigenvalue weighted by molar-refractivity contribution is 5.57. The van der Waals surface area contributed by atoms with Gasteiger partial charge in [0.05, 0.1) is 0 Å². The van der Waals surface area contributed by atoms with Crippen molar-refractivity contribution in [2.24, 2.45) is 5.41 Å². The zero-order valence-electron chi connectivity index (χ0n) is 12.7. The fraction of sp³-hybridized carbons (Fsp3) is 0.647. The van der Waals surface area contributed by atoms with E-state index < -0.39 is 0 Å². The van der Waals surface area contributed by atoms with Gasteiger partial charge in [0.15, 0.2) is 0 Å². The largest absolute Gasteiger partial charge is 0.364 e. The molecule has 1 saturated heterocycles. The number of aryl methyl sites for hydroxylation is 2. The quantitative estimate of drug-likeness (QED) is 0.831. The topological polar surface area (TPSA) is 15.3 Å². The molecular weight excluding hydrogens is 232 g/mol. The van der Waals surface area contributed by atoms with Gasteiger partial charge >= 0.3 is 0 Å². The number of hydrogen-bond acceptors (Lipinski definition) is 2. The Bertz CT molecular complexity index is 486. The molecule has 0 unspecified atom stereocenters. The molecule has 1 aromatic rings. The number of hydrogen-bond donors (Lipinski definition) is 1. The van der Waals surface area contributed by atoms with Crippen LogP contribution in [-0.2, 0) is 0 Å². The Morgan fingerprint density at radius 3 is 2.47 bits per heavy atom. The van der Waals surface area contributed by atoms with Crippen LogP contribution in [0.25, 0.3) is 0 Å². The van der Waals surface area contributed by atoms with Crippen LogP contribution in [0.2, 0.25) is 0 Å². The van der Waals surface area contributed by atoms with Gasteiger partial charge in [0.2, 0.25) is 0 Å². The minimum Gasteiger partial charge on any atom is -0.364 e. The third-order valence-electron chi connectivity index (χ3n) is 4.88. The molecule has 104 valence electrons. The van der Waals surface area contributed by atoms with Crippen molar-refractivity contribution >= 4 is 5.69 Å². The van der Waals surface area contributed by atoms with Crippen molar-refractivity contribution in [1.82, 2.24) is 5.32 Å². The first-order valence-electron chi connectivity index (χ1n) is 7.48. The Kier molecular flexibility index (Phi) is 2.90. The van der Waals surface area contributed by atoms with Crippen molar-refractivity contribution in [3.05, 3.63) is 29.3 Å². The second-order valence-corrected chi connectivity index (χ2v) is 7.29. The Balaban J connectivity index is 1.98. The minimum absolute atomic E-state index is 0.187. The maximum atomic E-state index is 3.68. The van der Waals surface area contributed by atoms with E-state index in [0.717, 1.165) is 6.54 Å². The molecule has 2 heteroatoms. The number of anilines is 1. The Morgan fingerprint density at radius 1 is 1.11 bits per heavy atom. The van der Waals surface area contributed by atoms with Gasteiger partial charge in [-0.2, -0.15) is 0 Å². The van der Waals surface area contributed by atoms with E-state index in [1.807, 2.05) is 0 Å². The van der Waals surface area contributed by atoms with Gasteiger partial charge in [0.1, 0.15) is 0 Å². The molecule has 2 fully saturated rings. The van der Waals surface area contributed by atoms with Gasteiger partial charge in [0, 0.05) is 36.3 Å². The van der Waals surface area contributed by atoms with Crippen LogP contribution >= 0.6 is 0 Å². The average molecular weight is 258 g/mol. The van der Waals surface area contributed by atoms with Crippen LogP contribution in [0.3, 0.4) is 0 Å². The third-order valence-corrected chi connectivity index (χ3v) is 4.88. The van der Waals surface area contributed by atoms with Gasteiger partial charge in [0.25, 0.3) is 0 Å². The molecule has 1 aliphatic heterocycles. The molecule has 2 nitrogen and oxygen atoms in total.